The van der Waals surface area contributed by atoms with Crippen molar-refractivity contribution in [3.05, 3.63) is 18.2 Å². The fourth-order valence-corrected chi connectivity index (χ4v) is 1.59. The smallest absolute Gasteiger partial charge is 0.337 e. The van der Waals surface area contributed by atoms with E-state index in [-0.39, 0.29) is 12.5 Å². The Kier molecular flexibility index (Phi) is 4.35. The Morgan fingerprint density at radius 2 is 2.19 bits per heavy atom. The van der Waals surface area contributed by atoms with Gasteiger partial charge in [-0.25, -0.2) is 4.98 Å². The molecule has 0 saturated heterocycles. The summed E-state index contributed by atoms with van der Waals surface area (Å²) in [6.45, 7) is 2.49. The van der Waals surface area contributed by atoms with Crippen LogP contribution in [0.4, 0.5) is 13.2 Å². The first-order chi connectivity index (χ1) is 7.44. The maximum atomic E-state index is 12.1. The summed E-state index contributed by atoms with van der Waals surface area (Å²) in [5.74, 6) is 0.645. The van der Waals surface area contributed by atoms with Crippen molar-refractivity contribution in [1.82, 2.24) is 14.9 Å². The molecule has 1 aromatic rings. The first-order valence-corrected chi connectivity index (χ1v) is 5.21. The molecule has 0 aliphatic carbocycles. The van der Waals surface area contributed by atoms with Crippen LogP contribution < -0.4 is 5.32 Å². The standard InChI is InChI=1S/C10H16F3N3/c1-3-14-8(4-5-10(11,12)13)9-15-6-7-16(9)2/h6-8,14H,3-5H2,1-2H3. The number of halogens is 3. The Morgan fingerprint density at radius 3 is 2.62 bits per heavy atom. The summed E-state index contributed by atoms with van der Waals surface area (Å²) in [5.41, 5.74) is 0. The Hall–Kier alpha value is -1.04. The van der Waals surface area contributed by atoms with Gasteiger partial charge in [0.25, 0.3) is 0 Å². The highest BCUT2D eigenvalue weighted by Crippen LogP contribution is 2.26. The molecule has 0 aromatic carbocycles. The molecule has 92 valence electrons. The number of nitrogens with one attached hydrogen (secondary N) is 1. The number of alkyl halides is 3. The van der Waals surface area contributed by atoms with Gasteiger partial charge in [-0.3, -0.25) is 0 Å². The lowest BCUT2D eigenvalue weighted by Crippen LogP contribution is -2.25. The number of nitrogens with zero attached hydrogens (tertiary/aromatic N) is 2. The normalized spacial score (nSPS) is 14.1. The number of hydrogen-bond donors (Lipinski definition) is 1. The van der Waals surface area contributed by atoms with E-state index in [9.17, 15) is 13.2 Å². The largest absolute Gasteiger partial charge is 0.389 e. The molecule has 1 N–H and O–H groups in total. The SMILES string of the molecule is CCNC(CCC(F)(F)F)c1nccn1C. The molecule has 0 bridgehead atoms. The predicted octanol–water partition coefficient (Wildman–Crippen LogP) is 2.41. The first kappa shape index (κ1) is 13.0. The zero-order valence-corrected chi connectivity index (χ0v) is 9.38. The van der Waals surface area contributed by atoms with Gasteiger partial charge in [0, 0.05) is 25.9 Å². The van der Waals surface area contributed by atoms with Crippen LogP contribution in [-0.4, -0.2) is 22.3 Å². The molecule has 1 atom stereocenters. The third-order valence-electron chi connectivity index (χ3n) is 2.34. The van der Waals surface area contributed by atoms with Gasteiger partial charge < -0.3 is 9.88 Å². The maximum absolute atomic E-state index is 12.1. The monoisotopic (exact) mass is 235 g/mol. The van der Waals surface area contributed by atoms with Crippen molar-refractivity contribution in [1.29, 1.82) is 0 Å². The summed E-state index contributed by atoms with van der Waals surface area (Å²) >= 11 is 0. The zero-order chi connectivity index (χ0) is 12.2. The fraction of sp³-hybridized carbons (Fsp3) is 0.700. The molecule has 1 heterocycles. The van der Waals surface area contributed by atoms with E-state index in [1.807, 2.05) is 6.92 Å². The van der Waals surface area contributed by atoms with Crippen molar-refractivity contribution in [3.8, 4) is 0 Å². The van der Waals surface area contributed by atoms with E-state index in [1.54, 1.807) is 24.0 Å². The molecule has 3 nitrogen and oxygen atoms in total. The third-order valence-corrected chi connectivity index (χ3v) is 2.34. The molecule has 6 heteroatoms. The van der Waals surface area contributed by atoms with Crippen molar-refractivity contribution in [2.24, 2.45) is 7.05 Å². The van der Waals surface area contributed by atoms with Crippen molar-refractivity contribution in [2.75, 3.05) is 6.54 Å². The Labute approximate surface area is 92.7 Å². The van der Waals surface area contributed by atoms with Crippen LogP contribution in [0.1, 0.15) is 31.6 Å². The fourth-order valence-electron chi connectivity index (χ4n) is 1.59. The van der Waals surface area contributed by atoms with Gasteiger partial charge in [0.05, 0.1) is 6.04 Å². The van der Waals surface area contributed by atoms with E-state index >= 15 is 0 Å². The van der Waals surface area contributed by atoms with Crippen LogP contribution in [0.15, 0.2) is 12.4 Å². The number of hydrogen-bond acceptors (Lipinski definition) is 2. The van der Waals surface area contributed by atoms with Crippen LogP contribution in [0.2, 0.25) is 0 Å². The van der Waals surface area contributed by atoms with Crippen LogP contribution in [0.3, 0.4) is 0 Å². The Balaban J connectivity index is 2.65. The minimum Gasteiger partial charge on any atom is -0.337 e. The molecule has 1 rings (SSSR count). The van der Waals surface area contributed by atoms with Gasteiger partial charge in [0.1, 0.15) is 5.82 Å². The number of rotatable bonds is 5. The topological polar surface area (TPSA) is 29.9 Å². The lowest BCUT2D eigenvalue weighted by Gasteiger charge is -2.18. The van der Waals surface area contributed by atoms with E-state index in [2.05, 4.69) is 10.3 Å². The maximum Gasteiger partial charge on any atom is 0.389 e. The van der Waals surface area contributed by atoms with E-state index in [0.29, 0.717) is 12.4 Å². The van der Waals surface area contributed by atoms with Gasteiger partial charge in [-0.15, -0.1) is 0 Å². The molecule has 0 radical (unpaired) electrons. The average molecular weight is 235 g/mol. The second-order valence-electron chi connectivity index (χ2n) is 3.66. The van der Waals surface area contributed by atoms with Gasteiger partial charge in [-0.1, -0.05) is 6.92 Å². The van der Waals surface area contributed by atoms with Gasteiger partial charge in [0.2, 0.25) is 0 Å². The zero-order valence-electron chi connectivity index (χ0n) is 9.38. The molecule has 0 saturated carbocycles. The van der Waals surface area contributed by atoms with Crippen LogP contribution in [0.5, 0.6) is 0 Å². The Bertz CT molecular complexity index is 319. The number of aromatic nitrogens is 2. The van der Waals surface area contributed by atoms with Crippen molar-refractivity contribution in [2.45, 2.75) is 32.0 Å². The van der Waals surface area contributed by atoms with E-state index in [1.165, 1.54) is 0 Å². The van der Waals surface area contributed by atoms with Gasteiger partial charge >= 0.3 is 6.18 Å². The molecule has 0 spiro atoms. The van der Waals surface area contributed by atoms with Crippen molar-refractivity contribution in [3.63, 3.8) is 0 Å². The Morgan fingerprint density at radius 1 is 1.50 bits per heavy atom. The molecule has 1 unspecified atom stereocenters. The van der Waals surface area contributed by atoms with E-state index in [0.717, 1.165) is 0 Å². The van der Waals surface area contributed by atoms with Crippen molar-refractivity contribution < 1.29 is 13.2 Å². The van der Waals surface area contributed by atoms with E-state index < -0.39 is 12.6 Å². The van der Waals surface area contributed by atoms with Crippen LogP contribution >= 0.6 is 0 Å². The molecular formula is C10H16F3N3. The molecular weight excluding hydrogens is 219 g/mol. The highest BCUT2D eigenvalue weighted by molar-refractivity contribution is 4.98. The van der Waals surface area contributed by atoms with Gasteiger partial charge in [-0.2, -0.15) is 13.2 Å². The minimum absolute atomic E-state index is 0.0161. The lowest BCUT2D eigenvalue weighted by atomic mass is 10.1. The van der Waals surface area contributed by atoms with Gasteiger partial charge in [-0.05, 0) is 13.0 Å². The van der Waals surface area contributed by atoms with Crippen LogP contribution in [-0.2, 0) is 7.05 Å². The highest BCUT2D eigenvalue weighted by atomic mass is 19.4. The molecule has 0 fully saturated rings. The third kappa shape index (κ3) is 3.84. The summed E-state index contributed by atoms with van der Waals surface area (Å²) in [6, 6.07) is -0.341. The highest BCUT2D eigenvalue weighted by Gasteiger charge is 2.29. The van der Waals surface area contributed by atoms with Crippen LogP contribution in [0.25, 0.3) is 0 Å². The minimum atomic E-state index is -4.11. The molecule has 1 aromatic heterocycles. The van der Waals surface area contributed by atoms with Crippen molar-refractivity contribution >= 4 is 0 Å². The predicted molar refractivity (Wildman–Crippen MR) is 54.9 cm³/mol. The molecule has 16 heavy (non-hydrogen) atoms. The summed E-state index contributed by atoms with van der Waals surface area (Å²) in [5, 5.41) is 3.02. The summed E-state index contributed by atoms with van der Waals surface area (Å²) < 4.78 is 38.2. The lowest BCUT2D eigenvalue weighted by molar-refractivity contribution is -0.136. The van der Waals surface area contributed by atoms with Gasteiger partial charge in [0.15, 0.2) is 0 Å². The summed E-state index contributed by atoms with van der Waals surface area (Å²) in [6.07, 6.45) is -1.57. The number of imidazole rings is 1. The average Bonchev–Trinajstić information content (AvgIpc) is 2.57. The summed E-state index contributed by atoms with van der Waals surface area (Å²) in [7, 11) is 1.78. The first-order valence-electron chi connectivity index (χ1n) is 5.21. The van der Waals surface area contributed by atoms with Crippen LogP contribution in [0, 0.1) is 0 Å². The quantitative estimate of drug-likeness (QED) is 0.849. The molecule has 0 aliphatic rings. The number of aryl methyl sites for hydroxylation is 1. The summed E-state index contributed by atoms with van der Waals surface area (Å²) in [4.78, 5) is 4.07. The van der Waals surface area contributed by atoms with E-state index in [4.69, 9.17) is 0 Å². The second-order valence-corrected chi connectivity index (χ2v) is 3.66. The second kappa shape index (κ2) is 5.34. The molecule has 0 aliphatic heterocycles. The molecule has 0 amide bonds.